The predicted molar refractivity (Wildman–Crippen MR) is 54.1 cm³/mol. The number of hydrogen-bond acceptors (Lipinski definition) is 3. The molecule has 0 aromatic heterocycles. The average Bonchev–Trinajstić information content (AvgIpc) is 2.21. The van der Waals surface area contributed by atoms with E-state index < -0.39 is 19.0 Å². The van der Waals surface area contributed by atoms with E-state index in [9.17, 15) is 13.6 Å². The number of benzene rings is 1. The minimum absolute atomic E-state index is 0.0190. The topological polar surface area (TPSA) is 70.3 Å². The van der Waals surface area contributed by atoms with Crippen LogP contribution in [0.2, 0.25) is 5.02 Å². The lowest BCUT2D eigenvalue weighted by molar-refractivity contribution is -0.136. The summed E-state index contributed by atoms with van der Waals surface area (Å²) in [5, 5.41) is 17.3. The van der Waals surface area contributed by atoms with Crippen LogP contribution in [-0.4, -0.2) is 17.7 Å². The number of halogens is 3. The summed E-state index contributed by atoms with van der Waals surface area (Å²) < 4.78 is 28.2. The fraction of sp³-hybridized carbons (Fsp3) is 0.200. The minimum Gasteiger partial charge on any atom is -0.481 e. The van der Waals surface area contributed by atoms with Gasteiger partial charge in [0.1, 0.15) is 11.8 Å². The van der Waals surface area contributed by atoms with Crippen LogP contribution >= 0.6 is 11.6 Å². The Balaban J connectivity index is 3.18. The van der Waals surface area contributed by atoms with Crippen molar-refractivity contribution in [2.24, 2.45) is 0 Å². The van der Waals surface area contributed by atoms with Crippen LogP contribution in [0.15, 0.2) is 12.1 Å². The molecule has 4 nitrogen and oxygen atoms in total. The Morgan fingerprint density at radius 2 is 2.24 bits per heavy atom. The van der Waals surface area contributed by atoms with Gasteiger partial charge in [0, 0.05) is 5.02 Å². The maximum absolute atomic E-state index is 12.1. The molecule has 7 heteroatoms. The van der Waals surface area contributed by atoms with Crippen molar-refractivity contribution < 1.29 is 23.4 Å². The lowest BCUT2D eigenvalue weighted by Gasteiger charge is -2.09. The van der Waals surface area contributed by atoms with Crippen LogP contribution in [0.25, 0.3) is 0 Å². The number of aliphatic carboxylic acids is 1. The molecule has 0 aliphatic carbocycles. The van der Waals surface area contributed by atoms with E-state index in [1.807, 2.05) is 0 Å². The number of hydrogen-bond donors (Lipinski definition) is 1. The van der Waals surface area contributed by atoms with E-state index in [0.29, 0.717) is 0 Å². The highest BCUT2D eigenvalue weighted by molar-refractivity contribution is 6.31. The number of rotatable bonds is 4. The molecule has 0 atom stereocenters. The van der Waals surface area contributed by atoms with Crippen molar-refractivity contribution in [2.75, 3.05) is 0 Å². The zero-order valence-electron chi connectivity index (χ0n) is 8.28. The summed E-state index contributed by atoms with van der Waals surface area (Å²) in [5.74, 6) is -1.55. The summed E-state index contributed by atoms with van der Waals surface area (Å²) in [7, 11) is 0. The maximum atomic E-state index is 12.1. The molecule has 0 saturated carbocycles. The molecule has 0 aliphatic heterocycles. The molecule has 1 aromatic rings. The first kappa shape index (κ1) is 13.2. The first-order valence-electron chi connectivity index (χ1n) is 4.33. The summed E-state index contributed by atoms with van der Waals surface area (Å²) in [6.45, 7) is -3.10. The number of nitrogens with zero attached hydrogens (tertiary/aromatic N) is 1. The molecule has 90 valence electrons. The van der Waals surface area contributed by atoms with E-state index >= 15 is 0 Å². The minimum atomic E-state index is -3.10. The van der Waals surface area contributed by atoms with Crippen molar-refractivity contribution in [1.29, 1.82) is 5.26 Å². The number of carbonyl (C=O) groups is 1. The lowest BCUT2D eigenvalue weighted by Crippen LogP contribution is -2.06. The van der Waals surface area contributed by atoms with Gasteiger partial charge < -0.3 is 9.84 Å². The average molecular weight is 262 g/mol. The van der Waals surface area contributed by atoms with Crippen LogP contribution in [-0.2, 0) is 11.2 Å². The van der Waals surface area contributed by atoms with Gasteiger partial charge in [-0.25, -0.2) is 0 Å². The second-order valence-electron chi connectivity index (χ2n) is 3.00. The van der Waals surface area contributed by atoms with E-state index in [0.717, 1.165) is 12.1 Å². The maximum Gasteiger partial charge on any atom is 0.387 e. The van der Waals surface area contributed by atoms with Gasteiger partial charge in [0.05, 0.1) is 12.0 Å². The van der Waals surface area contributed by atoms with Crippen molar-refractivity contribution in [3.8, 4) is 11.8 Å². The zero-order valence-corrected chi connectivity index (χ0v) is 9.04. The molecule has 0 bridgehead atoms. The van der Waals surface area contributed by atoms with Gasteiger partial charge in [-0.2, -0.15) is 14.0 Å². The van der Waals surface area contributed by atoms with Crippen LogP contribution in [0.3, 0.4) is 0 Å². The largest absolute Gasteiger partial charge is 0.481 e. The highest BCUT2D eigenvalue weighted by atomic mass is 35.5. The molecular weight excluding hydrogens is 256 g/mol. The SMILES string of the molecule is N#Cc1cc(Cl)c(CC(=O)O)cc1OC(F)F. The van der Waals surface area contributed by atoms with Crippen LogP contribution in [0.4, 0.5) is 8.78 Å². The third-order valence-electron chi connectivity index (χ3n) is 1.83. The molecule has 0 saturated heterocycles. The second-order valence-corrected chi connectivity index (χ2v) is 3.41. The monoisotopic (exact) mass is 261 g/mol. The van der Waals surface area contributed by atoms with Crippen LogP contribution in [0.5, 0.6) is 5.75 Å². The van der Waals surface area contributed by atoms with E-state index in [4.69, 9.17) is 22.0 Å². The highest BCUT2D eigenvalue weighted by Crippen LogP contribution is 2.28. The van der Waals surface area contributed by atoms with Gasteiger partial charge in [-0.1, -0.05) is 11.6 Å². The Morgan fingerprint density at radius 1 is 1.59 bits per heavy atom. The fourth-order valence-corrected chi connectivity index (χ4v) is 1.41. The fourth-order valence-electron chi connectivity index (χ4n) is 1.17. The van der Waals surface area contributed by atoms with Crippen LogP contribution in [0.1, 0.15) is 11.1 Å². The summed E-state index contributed by atoms with van der Waals surface area (Å²) >= 11 is 5.70. The third kappa shape index (κ3) is 3.57. The van der Waals surface area contributed by atoms with Crippen molar-refractivity contribution in [3.05, 3.63) is 28.3 Å². The van der Waals surface area contributed by atoms with Gasteiger partial charge >= 0.3 is 12.6 Å². The van der Waals surface area contributed by atoms with Gasteiger partial charge in [0.25, 0.3) is 0 Å². The Morgan fingerprint density at radius 3 is 2.71 bits per heavy atom. The first-order valence-corrected chi connectivity index (χ1v) is 4.71. The number of ether oxygens (including phenoxy) is 1. The Bertz CT molecular complexity index is 485. The smallest absolute Gasteiger partial charge is 0.387 e. The summed E-state index contributed by atoms with van der Waals surface area (Å²) in [4.78, 5) is 10.5. The zero-order chi connectivity index (χ0) is 13.0. The molecule has 0 heterocycles. The van der Waals surface area contributed by atoms with Gasteiger partial charge in [0.2, 0.25) is 0 Å². The molecular formula is C10H6ClF2NO3. The van der Waals surface area contributed by atoms with E-state index in [-0.39, 0.29) is 21.9 Å². The molecule has 0 spiro atoms. The predicted octanol–water partition coefficient (Wildman–Crippen LogP) is 2.44. The van der Waals surface area contributed by atoms with E-state index in [2.05, 4.69) is 4.74 Å². The third-order valence-corrected chi connectivity index (χ3v) is 2.18. The number of carboxylic acids is 1. The number of nitriles is 1. The number of alkyl halides is 2. The molecule has 1 N–H and O–H groups in total. The molecule has 0 unspecified atom stereocenters. The molecule has 1 rings (SSSR count). The molecule has 1 aromatic carbocycles. The van der Waals surface area contributed by atoms with Crippen molar-refractivity contribution >= 4 is 17.6 Å². The van der Waals surface area contributed by atoms with Crippen molar-refractivity contribution in [3.63, 3.8) is 0 Å². The summed E-state index contributed by atoms with van der Waals surface area (Å²) in [5.41, 5.74) is -0.0711. The molecule has 0 radical (unpaired) electrons. The van der Waals surface area contributed by atoms with Crippen molar-refractivity contribution in [2.45, 2.75) is 13.0 Å². The summed E-state index contributed by atoms with van der Waals surface area (Å²) in [6, 6.07) is 3.76. The molecule has 0 fully saturated rings. The van der Waals surface area contributed by atoms with Gasteiger partial charge in [0.15, 0.2) is 0 Å². The number of carboxylic acid groups (broad SMARTS) is 1. The molecule has 17 heavy (non-hydrogen) atoms. The Hall–Kier alpha value is -1.87. The van der Waals surface area contributed by atoms with Crippen molar-refractivity contribution in [1.82, 2.24) is 0 Å². The van der Waals surface area contributed by atoms with Gasteiger partial charge in [-0.05, 0) is 17.7 Å². The van der Waals surface area contributed by atoms with Gasteiger partial charge in [-0.3, -0.25) is 4.79 Å². The first-order chi connectivity index (χ1) is 7.93. The van der Waals surface area contributed by atoms with E-state index in [1.165, 1.54) is 0 Å². The van der Waals surface area contributed by atoms with E-state index in [1.54, 1.807) is 6.07 Å². The second kappa shape index (κ2) is 5.46. The van der Waals surface area contributed by atoms with Crippen LogP contribution < -0.4 is 4.74 Å². The molecule has 0 amide bonds. The van der Waals surface area contributed by atoms with Gasteiger partial charge in [-0.15, -0.1) is 0 Å². The quantitative estimate of drug-likeness (QED) is 0.904. The Labute approximate surface area is 100.0 Å². The molecule has 0 aliphatic rings. The van der Waals surface area contributed by atoms with Crippen LogP contribution in [0, 0.1) is 11.3 Å². The standard InChI is InChI=1S/C10H6ClF2NO3/c11-7-1-6(4-14)8(17-10(12)13)2-5(7)3-9(15)16/h1-2,10H,3H2,(H,15,16). The normalized spacial score (nSPS) is 10.1. The highest BCUT2D eigenvalue weighted by Gasteiger charge is 2.15. The summed E-state index contributed by atoms with van der Waals surface area (Å²) in [6.07, 6.45) is -0.440. The lowest BCUT2D eigenvalue weighted by atomic mass is 10.1. The Kier molecular flexibility index (Phi) is 4.24.